The number of sulfonamides is 1. The van der Waals surface area contributed by atoms with Gasteiger partial charge in [0, 0.05) is 26.1 Å². The largest absolute Gasteiger partial charge is 0.444 e. The lowest BCUT2D eigenvalue weighted by Gasteiger charge is -2.35. The zero-order chi connectivity index (χ0) is 28.3. The molecule has 0 spiro atoms. The summed E-state index contributed by atoms with van der Waals surface area (Å²) in [6, 6.07) is 9.90. The molecule has 1 aromatic carbocycles. The van der Waals surface area contributed by atoms with Crippen LogP contribution in [0.3, 0.4) is 0 Å². The van der Waals surface area contributed by atoms with Crippen molar-refractivity contribution in [3.8, 4) is 0 Å². The van der Waals surface area contributed by atoms with E-state index in [4.69, 9.17) is 14.2 Å². The summed E-state index contributed by atoms with van der Waals surface area (Å²) >= 11 is 0. The van der Waals surface area contributed by atoms with E-state index < -0.39 is 26.9 Å². The summed E-state index contributed by atoms with van der Waals surface area (Å²) in [5.74, 6) is 2.04. The number of piperidine rings is 1. The summed E-state index contributed by atoms with van der Waals surface area (Å²) in [5.41, 5.74) is 0.693. The van der Waals surface area contributed by atoms with Crippen molar-refractivity contribution < 1.29 is 22.5 Å². The van der Waals surface area contributed by atoms with Gasteiger partial charge in [-0.3, -0.25) is 0 Å². The number of amides is 1. The Balaban J connectivity index is 1.25. The fourth-order valence-corrected chi connectivity index (χ4v) is 8.36. The highest BCUT2D eigenvalue weighted by molar-refractivity contribution is 7.89. The van der Waals surface area contributed by atoms with Crippen molar-refractivity contribution in [1.82, 2.24) is 19.3 Å². The second-order valence-electron chi connectivity index (χ2n) is 12.8. The number of rotatable bonds is 9. The summed E-state index contributed by atoms with van der Waals surface area (Å²) in [4.78, 5) is 18.8. The molecule has 0 N–H and O–H groups in total. The van der Waals surface area contributed by atoms with E-state index in [9.17, 15) is 13.2 Å². The van der Waals surface area contributed by atoms with Gasteiger partial charge in [0.15, 0.2) is 5.82 Å². The number of aryl methyl sites for hydroxylation is 2. The van der Waals surface area contributed by atoms with Gasteiger partial charge in [-0.25, -0.2) is 13.2 Å². The summed E-state index contributed by atoms with van der Waals surface area (Å²) in [7, 11) is -3.62. The van der Waals surface area contributed by atoms with Crippen LogP contribution in [0.5, 0.6) is 0 Å². The number of benzene rings is 1. The predicted molar refractivity (Wildman–Crippen MR) is 152 cm³/mol. The fraction of sp³-hybridized carbons (Fsp3) is 0.700. The average Bonchev–Trinajstić information content (AvgIpc) is 3.53. The lowest BCUT2D eigenvalue weighted by molar-refractivity contribution is 0.0216. The molecule has 1 aromatic heterocycles. The minimum absolute atomic E-state index is 0.292. The lowest BCUT2D eigenvalue weighted by Crippen LogP contribution is -2.48. The number of carbonyl (C=O) groups excluding carboxylic acids is 1. The molecule has 3 fully saturated rings. The van der Waals surface area contributed by atoms with Crippen molar-refractivity contribution in [2.24, 2.45) is 11.8 Å². The highest BCUT2D eigenvalue weighted by Gasteiger charge is 2.47. The van der Waals surface area contributed by atoms with Gasteiger partial charge in [0.05, 0.1) is 5.25 Å². The van der Waals surface area contributed by atoms with E-state index in [1.54, 1.807) is 9.21 Å². The van der Waals surface area contributed by atoms with Crippen molar-refractivity contribution >= 4 is 16.1 Å². The lowest BCUT2D eigenvalue weighted by atomic mass is 9.78. The van der Waals surface area contributed by atoms with Gasteiger partial charge in [0.2, 0.25) is 15.9 Å². The topological polar surface area (TPSA) is 106 Å². The Morgan fingerprint density at radius 1 is 1.05 bits per heavy atom. The van der Waals surface area contributed by atoms with Crippen LogP contribution in [-0.2, 0) is 27.6 Å². The zero-order valence-electron chi connectivity index (χ0n) is 24.1. The first-order valence-electron chi connectivity index (χ1n) is 14.9. The molecule has 2 unspecified atom stereocenters. The molecule has 40 heavy (non-hydrogen) atoms. The van der Waals surface area contributed by atoms with E-state index in [1.165, 1.54) is 24.8 Å². The summed E-state index contributed by atoms with van der Waals surface area (Å²) < 4.78 is 40.9. The third-order valence-corrected chi connectivity index (χ3v) is 10.9. The van der Waals surface area contributed by atoms with Crippen LogP contribution in [0, 0.1) is 11.8 Å². The zero-order valence-corrected chi connectivity index (χ0v) is 24.9. The number of ether oxygens (including phenoxy) is 1. The van der Waals surface area contributed by atoms with Gasteiger partial charge >= 0.3 is 6.09 Å². The van der Waals surface area contributed by atoms with E-state index in [0.29, 0.717) is 62.4 Å². The molecule has 2 saturated heterocycles. The monoisotopic (exact) mass is 572 g/mol. The molecular formula is C30H44N4O5S. The van der Waals surface area contributed by atoms with Gasteiger partial charge in [-0.05, 0) is 76.7 Å². The third-order valence-electron chi connectivity index (χ3n) is 8.55. The quantitative estimate of drug-likeness (QED) is 0.389. The molecular weight excluding hydrogens is 528 g/mol. The van der Waals surface area contributed by atoms with Crippen molar-refractivity contribution in [3.05, 3.63) is 47.6 Å². The summed E-state index contributed by atoms with van der Waals surface area (Å²) in [5, 5.41) is 3.69. The number of likely N-dealkylation sites (tertiary alicyclic amines) is 1. The van der Waals surface area contributed by atoms with E-state index in [0.717, 1.165) is 25.7 Å². The molecule has 10 heteroatoms. The van der Waals surface area contributed by atoms with Gasteiger partial charge in [-0.1, -0.05) is 54.8 Å². The first kappa shape index (κ1) is 29.0. The number of hydrogen-bond acceptors (Lipinski definition) is 7. The molecule has 2 aromatic rings. The molecule has 1 aliphatic carbocycles. The molecule has 3 aliphatic rings. The van der Waals surface area contributed by atoms with E-state index in [1.807, 2.05) is 39.0 Å². The van der Waals surface area contributed by atoms with Gasteiger partial charge in [0.1, 0.15) is 11.6 Å². The molecule has 1 amide bonds. The van der Waals surface area contributed by atoms with E-state index in [2.05, 4.69) is 17.3 Å². The smallest absolute Gasteiger partial charge is 0.410 e. The molecule has 220 valence electrons. The van der Waals surface area contributed by atoms with Crippen LogP contribution in [0.1, 0.15) is 95.5 Å². The Morgan fingerprint density at radius 2 is 1.77 bits per heavy atom. The summed E-state index contributed by atoms with van der Waals surface area (Å²) in [6.07, 6.45) is 8.45. The molecule has 0 radical (unpaired) electrons. The minimum Gasteiger partial charge on any atom is -0.444 e. The standard InChI is InChI=1S/C30H44N4O5S/c1-30(2,3)38-29(35)33-17-15-25(16-18-33)40(36,37)34-21-24(19-23-12-7-13-23)20-26(34)28-31-27(32-39-28)14-8-11-22-9-5-4-6-10-22/h4-6,9-10,23-26H,7-8,11-21H2,1-3H3. The molecule has 1 saturated carbocycles. The maximum atomic E-state index is 14.0. The highest BCUT2D eigenvalue weighted by Crippen LogP contribution is 2.44. The molecule has 2 atom stereocenters. The van der Waals surface area contributed by atoms with Crippen LogP contribution < -0.4 is 0 Å². The first-order valence-corrected chi connectivity index (χ1v) is 16.4. The van der Waals surface area contributed by atoms with E-state index in [-0.39, 0.29) is 6.09 Å². The average molecular weight is 573 g/mol. The SMILES string of the molecule is CC(C)(C)OC(=O)N1CCC(S(=O)(=O)N2CC(CC3CCC3)CC2c2nc(CCCc3ccccc3)no2)CC1. The van der Waals surface area contributed by atoms with Crippen LogP contribution in [-0.4, -0.2) is 64.3 Å². The molecule has 2 aliphatic heterocycles. The minimum atomic E-state index is -3.62. The van der Waals surface area contributed by atoms with E-state index >= 15 is 0 Å². The normalized spacial score (nSPS) is 23.3. The van der Waals surface area contributed by atoms with Crippen molar-refractivity contribution in [2.75, 3.05) is 19.6 Å². The second-order valence-corrected chi connectivity index (χ2v) is 15.0. The fourth-order valence-electron chi connectivity index (χ4n) is 6.22. The highest BCUT2D eigenvalue weighted by atomic mass is 32.2. The predicted octanol–water partition coefficient (Wildman–Crippen LogP) is 5.53. The Bertz CT molecular complexity index is 1230. The van der Waals surface area contributed by atoms with Gasteiger partial charge < -0.3 is 14.2 Å². The Kier molecular flexibility index (Phi) is 8.85. The van der Waals surface area contributed by atoms with Gasteiger partial charge in [0.25, 0.3) is 0 Å². The Morgan fingerprint density at radius 3 is 2.42 bits per heavy atom. The number of aromatic nitrogens is 2. The molecule has 9 nitrogen and oxygen atoms in total. The number of hydrogen-bond donors (Lipinski definition) is 0. The second kappa shape index (κ2) is 12.2. The first-order chi connectivity index (χ1) is 19.1. The number of carbonyl (C=O) groups is 1. The van der Waals surface area contributed by atoms with Crippen molar-refractivity contribution in [3.63, 3.8) is 0 Å². The van der Waals surface area contributed by atoms with Crippen LogP contribution in [0.4, 0.5) is 4.79 Å². The maximum absolute atomic E-state index is 14.0. The van der Waals surface area contributed by atoms with Gasteiger partial charge in [-0.2, -0.15) is 9.29 Å². The molecule has 5 rings (SSSR count). The Hall–Kier alpha value is -2.46. The van der Waals surface area contributed by atoms with Crippen molar-refractivity contribution in [1.29, 1.82) is 0 Å². The molecule has 0 bridgehead atoms. The maximum Gasteiger partial charge on any atom is 0.410 e. The van der Waals surface area contributed by atoms with Gasteiger partial charge in [-0.15, -0.1) is 0 Å². The van der Waals surface area contributed by atoms with Crippen LogP contribution >= 0.6 is 0 Å². The Labute approximate surface area is 238 Å². The number of nitrogens with zero attached hydrogens (tertiary/aromatic N) is 4. The summed E-state index contributed by atoms with van der Waals surface area (Å²) in [6.45, 7) is 6.75. The van der Waals surface area contributed by atoms with Crippen molar-refractivity contribution in [2.45, 2.75) is 102 Å². The van der Waals surface area contributed by atoms with Crippen LogP contribution in [0.15, 0.2) is 34.9 Å². The third kappa shape index (κ3) is 7.05. The molecule has 3 heterocycles. The van der Waals surface area contributed by atoms with Crippen LogP contribution in [0.25, 0.3) is 0 Å². The van der Waals surface area contributed by atoms with Crippen LogP contribution in [0.2, 0.25) is 0 Å².